The highest BCUT2D eigenvalue weighted by molar-refractivity contribution is 4.80. The molecule has 0 saturated carbocycles. The Bertz CT molecular complexity index is 175. The molecule has 1 heterocycles. The van der Waals surface area contributed by atoms with Gasteiger partial charge in [0.2, 0.25) is 0 Å². The van der Waals surface area contributed by atoms with Crippen LogP contribution in [0.1, 0.15) is 33.1 Å². The summed E-state index contributed by atoms with van der Waals surface area (Å²) in [5, 5.41) is 9.77. The maximum atomic E-state index is 9.77. The molecule has 1 saturated heterocycles. The summed E-state index contributed by atoms with van der Waals surface area (Å²) in [4.78, 5) is 4.84. The molecule has 2 atom stereocenters. The van der Waals surface area contributed by atoms with Gasteiger partial charge >= 0.3 is 0 Å². The third kappa shape index (κ3) is 4.09. The molecule has 0 aromatic heterocycles. The molecule has 0 radical (unpaired) electrons. The van der Waals surface area contributed by atoms with E-state index in [1.54, 1.807) is 0 Å². The standard InChI is InChI=1S/C12H26N2O/c1-4-6-12(15)10-14-8-7-13(3)11(5-2)9-14/h11-12,15H,4-10H2,1-3H3. The molecule has 0 bridgehead atoms. The van der Waals surface area contributed by atoms with Crippen LogP contribution in [0.3, 0.4) is 0 Å². The molecule has 0 amide bonds. The van der Waals surface area contributed by atoms with Gasteiger partial charge < -0.3 is 10.0 Å². The van der Waals surface area contributed by atoms with Gasteiger partial charge in [-0.15, -0.1) is 0 Å². The molecule has 0 spiro atoms. The molecule has 15 heavy (non-hydrogen) atoms. The molecule has 1 N–H and O–H groups in total. The Hall–Kier alpha value is -0.120. The van der Waals surface area contributed by atoms with Crippen molar-refractivity contribution in [3.63, 3.8) is 0 Å². The first-order chi connectivity index (χ1) is 7.17. The lowest BCUT2D eigenvalue weighted by molar-refractivity contribution is 0.0475. The van der Waals surface area contributed by atoms with Gasteiger partial charge in [-0.2, -0.15) is 0 Å². The zero-order chi connectivity index (χ0) is 11.3. The Balaban J connectivity index is 2.31. The number of hydrogen-bond acceptors (Lipinski definition) is 3. The number of aliphatic hydroxyl groups excluding tert-OH is 1. The predicted molar refractivity (Wildman–Crippen MR) is 64.1 cm³/mol. The van der Waals surface area contributed by atoms with Gasteiger partial charge in [-0.25, -0.2) is 0 Å². The SMILES string of the molecule is CCCC(O)CN1CCN(C)C(CC)C1. The Labute approximate surface area is 94.1 Å². The van der Waals surface area contributed by atoms with Crippen molar-refractivity contribution in [2.75, 3.05) is 33.2 Å². The average molecular weight is 214 g/mol. The van der Waals surface area contributed by atoms with Crippen LogP contribution in [0.4, 0.5) is 0 Å². The molecule has 3 heteroatoms. The fourth-order valence-corrected chi connectivity index (χ4v) is 2.34. The minimum Gasteiger partial charge on any atom is -0.392 e. The highest BCUT2D eigenvalue weighted by Gasteiger charge is 2.23. The predicted octanol–water partition coefficient (Wildman–Crippen LogP) is 1.17. The van der Waals surface area contributed by atoms with Crippen LogP contribution in [0, 0.1) is 0 Å². The van der Waals surface area contributed by atoms with Gasteiger partial charge in [0.25, 0.3) is 0 Å². The number of rotatable bonds is 5. The van der Waals surface area contributed by atoms with Crippen LogP contribution in [0.25, 0.3) is 0 Å². The molecule has 1 rings (SSSR count). The third-order valence-electron chi connectivity index (χ3n) is 3.42. The van der Waals surface area contributed by atoms with E-state index >= 15 is 0 Å². The molecular weight excluding hydrogens is 188 g/mol. The van der Waals surface area contributed by atoms with Crippen molar-refractivity contribution in [1.82, 2.24) is 9.80 Å². The molecule has 3 nitrogen and oxygen atoms in total. The van der Waals surface area contributed by atoms with Crippen LogP contribution in [-0.4, -0.2) is 60.3 Å². The van der Waals surface area contributed by atoms with Crippen molar-refractivity contribution in [2.24, 2.45) is 0 Å². The van der Waals surface area contributed by atoms with Crippen LogP contribution in [0.5, 0.6) is 0 Å². The summed E-state index contributed by atoms with van der Waals surface area (Å²) in [5.74, 6) is 0. The highest BCUT2D eigenvalue weighted by atomic mass is 16.3. The van der Waals surface area contributed by atoms with Crippen LogP contribution in [0.15, 0.2) is 0 Å². The minimum absolute atomic E-state index is 0.129. The second kappa shape index (κ2) is 6.46. The van der Waals surface area contributed by atoms with Crippen LogP contribution in [-0.2, 0) is 0 Å². The lowest BCUT2D eigenvalue weighted by atomic mass is 10.1. The Morgan fingerprint density at radius 1 is 1.33 bits per heavy atom. The van der Waals surface area contributed by atoms with E-state index in [0.717, 1.165) is 39.0 Å². The number of nitrogens with zero attached hydrogens (tertiary/aromatic N) is 2. The van der Waals surface area contributed by atoms with E-state index < -0.39 is 0 Å². The van der Waals surface area contributed by atoms with E-state index in [4.69, 9.17) is 0 Å². The second-order valence-corrected chi connectivity index (χ2v) is 4.74. The lowest BCUT2D eigenvalue weighted by Gasteiger charge is -2.39. The van der Waals surface area contributed by atoms with Crippen molar-refractivity contribution < 1.29 is 5.11 Å². The van der Waals surface area contributed by atoms with Gasteiger partial charge in [0.1, 0.15) is 0 Å². The molecular formula is C12H26N2O. The Kier molecular flexibility index (Phi) is 5.58. The normalized spacial score (nSPS) is 26.8. The number of β-amino-alcohol motifs (C(OH)–C–C–N with tert-alkyl or cyclic N) is 1. The van der Waals surface area contributed by atoms with Crippen molar-refractivity contribution in [2.45, 2.75) is 45.3 Å². The zero-order valence-electron chi connectivity index (χ0n) is 10.4. The van der Waals surface area contributed by atoms with Crippen LogP contribution < -0.4 is 0 Å². The van der Waals surface area contributed by atoms with Crippen molar-refractivity contribution in [3.05, 3.63) is 0 Å². The maximum absolute atomic E-state index is 9.77. The van der Waals surface area contributed by atoms with Crippen LogP contribution in [0.2, 0.25) is 0 Å². The largest absolute Gasteiger partial charge is 0.392 e. The highest BCUT2D eigenvalue weighted by Crippen LogP contribution is 2.11. The molecule has 1 aliphatic rings. The van der Waals surface area contributed by atoms with Crippen molar-refractivity contribution in [1.29, 1.82) is 0 Å². The van der Waals surface area contributed by atoms with E-state index in [-0.39, 0.29) is 6.10 Å². The van der Waals surface area contributed by atoms with Gasteiger partial charge in [0, 0.05) is 32.2 Å². The molecule has 1 aliphatic heterocycles. The summed E-state index contributed by atoms with van der Waals surface area (Å²) in [6, 6.07) is 0.674. The summed E-state index contributed by atoms with van der Waals surface area (Å²) in [7, 11) is 2.20. The van der Waals surface area contributed by atoms with E-state index in [1.165, 1.54) is 6.42 Å². The third-order valence-corrected chi connectivity index (χ3v) is 3.42. The van der Waals surface area contributed by atoms with Gasteiger partial charge in [-0.3, -0.25) is 4.90 Å². The molecule has 1 fully saturated rings. The van der Waals surface area contributed by atoms with E-state index in [1.807, 2.05) is 0 Å². The summed E-state index contributed by atoms with van der Waals surface area (Å²) < 4.78 is 0. The fraction of sp³-hybridized carbons (Fsp3) is 1.00. The smallest absolute Gasteiger partial charge is 0.0667 e. The Morgan fingerprint density at radius 3 is 2.67 bits per heavy atom. The average Bonchev–Trinajstić information content (AvgIpc) is 2.21. The van der Waals surface area contributed by atoms with Crippen molar-refractivity contribution in [3.8, 4) is 0 Å². The maximum Gasteiger partial charge on any atom is 0.0667 e. The summed E-state index contributed by atoms with van der Waals surface area (Å²) >= 11 is 0. The Morgan fingerprint density at radius 2 is 2.07 bits per heavy atom. The number of likely N-dealkylation sites (N-methyl/N-ethyl adjacent to an activating group) is 1. The van der Waals surface area contributed by atoms with Gasteiger partial charge in [-0.1, -0.05) is 20.3 Å². The molecule has 90 valence electrons. The van der Waals surface area contributed by atoms with Gasteiger partial charge in [-0.05, 0) is 19.9 Å². The van der Waals surface area contributed by atoms with Crippen LogP contribution >= 0.6 is 0 Å². The number of hydrogen-bond donors (Lipinski definition) is 1. The first kappa shape index (κ1) is 12.9. The van der Waals surface area contributed by atoms with Crippen molar-refractivity contribution >= 4 is 0 Å². The zero-order valence-corrected chi connectivity index (χ0v) is 10.4. The number of aliphatic hydroxyl groups is 1. The number of piperazine rings is 1. The first-order valence-corrected chi connectivity index (χ1v) is 6.28. The molecule has 2 unspecified atom stereocenters. The van der Waals surface area contributed by atoms with Gasteiger partial charge in [0.05, 0.1) is 6.10 Å². The second-order valence-electron chi connectivity index (χ2n) is 4.74. The topological polar surface area (TPSA) is 26.7 Å². The first-order valence-electron chi connectivity index (χ1n) is 6.28. The minimum atomic E-state index is -0.129. The van der Waals surface area contributed by atoms with E-state index in [2.05, 4.69) is 30.7 Å². The lowest BCUT2D eigenvalue weighted by Crippen LogP contribution is -2.52. The van der Waals surface area contributed by atoms with E-state index in [9.17, 15) is 5.11 Å². The monoisotopic (exact) mass is 214 g/mol. The fourth-order valence-electron chi connectivity index (χ4n) is 2.34. The van der Waals surface area contributed by atoms with E-state index in [0.29, 0.717) is 6.04 Å². The molecule has 0 aromatic carbocycles. The molecule has 0 aliphatic carbocycles. The quantitative estimate of drug-likeness (QED) is 0.744. The van der Waals surface area contributed by atoms with Gasteiger partial charge in [0.15, 0.2) is 0 Å². The summed E-state index contributed by atoms with van der Waals surface area (Å²) in [6.45, 7) is 8.59. The molecule has 0 aromatic rings. The summed E-state index contributed by atoms with van der Waals surface area (Å²) in [6.07, 6.45) is 3.09. The summed E-state index contributed by atoms with van der Waals surface area (Å²) in [5.41, 5.74) is 0.